The standard InChI is InChI=1S/C18H20BrClN4O.C18H22N4O3/c1-11(19)14-8-12-15(10-22-14)23-17(20)13(9-21)16(12)24-6-4-18(2,25-3)5-7-24;1-11(23)14-8-12-15(10-20-14)21-17(24)13(9-19)16(12)22-6-4-18(2,25-3)5-7-22/h8,10-11H,4-7H2,1-3H3;8,10-11,23H,4-7H2,1-3H3,(H,21,24). The number of rotatable bonds is 6. The zero-order chi connectivity index (χ0) is 36.4. The van der Waals surface area contributed by atoms with Gasteiger partial charge in [0.25, 0.3) is 5.56 Å². The molecule has 6 heterocycles. The molecule has 2 saturated heterocycles. The number of nitrogens with zero attached hydrogens (tertiary/aromatic N) is 7. The summed E-state index contributed by atoms with van der Waals surface area (Å²) >= 11 is 9.85. The van der Waals surface area contributed by atoms with Crippen molar-refractivity contribution >= 4 is 60.7 Å². The highest BCUT2D eigenvalue weighted by molar-refractivity contribution is 9.09. The molecule has 0 bridgehead atoms. The van der Waals surface area contributed by atoms with Crippen LogP contribution in [0.3, 0.4) is 0 Å². The second-order valence-corrected chi connectivity index (χ2v) is 15.1. The Balaban J connectivity index is 0.000000194. The summed E-state index contributed by atoms with van der Waals surface area (Å²) in [7, 11) is 3.46. The monoisotopic (exact) mass is 764 g/mol. The smallest absolute Gasteiger partial charge is 0.268 e. The van der Waals surface area contributed by atoms with Gasteiger partial charge in [0.2, 0.25) is 0 Å². The van der Waals surface area contributed by atoms with E-state index in [1.807, 2.05) is 19.1 Å². The maximum atomic E-state index is 12.3. The quantitative estimate of drug-likeness (QED) is 0.163. The van der Waals surface area contributed by atoms with Crippen LogP contribution in [0.5, 0.6) is 0 Å². The molecule has 0 aliphatic carbocycles. The molecule has 2 aliphatic rings. The van der Waals surface area contributed by atoms with Crippen molar-refractivity contribution in [3.05, 3.63) is 62.5 Å². The van der Waals surface area contributed by atoms with Gasteiger partial charge in [0.05, 0.1) is 68.3 Å². The van der Waals surface area contributed by atoms with Crippen molar-refractivity contribution in [1.82, 2.24) is 19.9 Å². The van der Waals surface area contributed by atoms with Crippen LogP contribution < -0.4 is 15.4 Å². The van der Waals surface area contributed by atoms with E-state index in [0.29, 0.717) is 41.1 Å². The van der Waals surface area contributed by atoms with Crippen molar-refractivity contribution in [2.45, 2.75) is 75.5 Å². The number of nitriles is 2. The third kappa shape index (κ3) is 7.58. The normalized spacial score (nSPS) is 18.1. The lowest BCUT2D eigenvalue weighted by Crippen LogP contribution is -2.44. The molecule has 2 atom stereocenters. The van der Waals surface area contributed by atoms with Gasteiger partial charge in [-0.1, -0.05) is 27.5 Å². The molecule has 50 heavy (non-hydrogen) atoms. The summed E-state index contributed by atoms with van der Waals surface area (Å²) in [5, 5.41) is 30.9. The number of fused-ring (bicyclic) bond motifs is 2. The molecule has 2 aliphatic heterocycles. The molecule has 12 nitrogen and oxygen atoms in total. The van der Waals surface area contributed by atoms with Crippen molar-refractivity contribution < 1.29 is 14.6 Å². The highest BCUT2D eigenvalue weighted by Crippen LogP contribution is 2.38. The topological polar surface area (TPSA) is 164 Å². The predicted molar refractivity (Wildman–Crippen MR) is 198 cm³/mol. The number of ether oxygens (including phenoxy) is 2. The lowest BCUT2D eigenvalue weighted by atomic mass is 9.92. The number of aliphatic hydroxyl groups excluding tert-OH is 1. The minimum absolute atomic E-state index is 0.0938. The van der Waals surface area contributed by atoms with Gasteiger partial charge in [0.1, 0.15) is 28.4 Å². The van der Waals surface area contributed by atoms with E-state index in [1.54, 1.807) is 33.4 Å². The number of aliphatic hydroxyl groups is 1. The van der Waals surface area contributed by atoms with Crippen molar-refractivity contribution in [2.24, 2.45) is 0 Å². The van der Waals surface area contributed by atoms with Crippen molar-refractivity contribution in [3.8, 4) is 12.1 Å². The lowest BCUT2D eigenvalue weighted by molar-refractivity contribution is -0.0134. The summed E-state index contributed by atoms with van der Waals surface area (Å²) in [6.07, 6.45) is 5.92. The van der Waals surface area contributed by atoms with E-state index in [9.17, 15) is 20.4 Å². The molecule has 2 unspecified atom stereocenters. The van der Waals surface area contributed by atoms with Gasteiger partial charge in [-0.25, -0.2) is 4.98 Å². The molecule has 2 fully saturated rings. The number of piperidine rings is 2. The Morgan fingerprint density at radius 2 is 1.40 bits per heavy atom. The Hall–Kier alpha value is -3.85. The summed E-state index contributed by atoms with van der Waals surface area (Å²) in [6, 6.07) is 8.02. The van der Waals surface area contributed by atoms with Gasteiger partial charge in [-0.15, -0.1) is 0 Å². The number of pyridine rings is 4. The molecule has 6 rings (SSSR count). The van der Waals surface area contributed by atoms with Crippen LogP contribution >= 0.6 is 27.5 Å². The van der Waals surface area contributed by atoms with E-state index in [-0.39, 0.29) is 26.7 Å². The van der Waals surface area contributed by atoms with Gasteiger partial charge in [0, 0.05) is 51.2 Å². The first-order chi connectivity index (χ1) is 23.8. The van der Waals surface area contributed by atoms with E-state index in [2.05, 4.69) is 65.6 Å². The zero-order valence-electron chi connectivity index (χ0n) is 29.2. The number of H-pyrrole nitrogens is 1. The van der Waals surface area contributed by atoms with Crippen LogP contribution in [0.25, 0.3) is 21.8 Å². The Labute approximate surface area is 305 Å². The van der Waals surface area contributed by atoms with Crippen LogP contribution in [0, 0.1) is 22.7 Å². The maximum Gasteiger partial charge on any atom is 0.268 e. The number of aromatic nitrogens is 4. The molecule has 264 valence electrons. The maximum absolute atomic E-state index is 12.3. The Kier molecular flexibility index (Phi) is 11.4. The van der Waals surface area contributed by atoms with Crippen molar-refractivity contribution in [1.29, 1.82) is 10.5 Å². The third-order valence-electron chi connectivity index (χ3n) is 10.0. The number of anilines is 2. The van der Waals surface area contributed by atoms with Crippen molar-refractivity contribution in [2.75, 3.05) is 50.2 Å². The van der Waals surface area contributed by atoms with E-state index < -0.39 is 11.7 Å². The van der Waals surface area contributed by atoms with Crippen LogP contribution in [-0.4, -0.2) is 76.6 Å². The van der Waals surface area contributed by atoms with Gasteiger partial charge in [-0.05, 0) is 65.5 Å². The summed E-state index contributed by atoms with van der Waals surface area (Å²) in [4.78, 5) is 32.4. The largest absolute Gasteiger partial charge is 0.387 e. The molecule has 4 aromatic rings. The Morgan fingerprint density at radius 1 is 0.900 bits per heavy atom. The third-order valence-corrected chi connectivity index (χ3v) is 10.8. The minimum Gasteiger partial charge on any atom is -0.387 e. The highest BCUT2D eigenvalue weighted by Gasteiger charge is 2.33. The average molecular weight is 766 g/mol. The molecular weight excluding hydrogens is 724 g/mol. The number of alkyl halides is 1. The Bertz CT molecular complexity index is 2020. The predicted octanol–water partition coefficient (Wildman–Crippen LogP) is 6.47. The van der Waals surface area contributed by atoms with Crippen LogP contribution in [0.2, 0.25) is 5.15 Å². The summed E-state index contributed by atoms with van der Waals surface area (Å²) in [5.41, 5.74) is 3.93. The van der Waals surface area contributed by atoms with E-state index in [1.165, 1.54) is 6.20 Å². The first-order valence-electron chi connectivity index (χ1n) is 16.5. The lowest BCUT2D eigenvalue weighted by Gasteiger charge is -2.40. The van der Waals surface area contributed by atoms with Crippen LogP contribution in [0.1, 0.15) is 86.8 Å². The summed E-state index contributed by atoms with van der Waals surface area (Å²) in [6.45, 7) is 10.8. The minimum atomic E-state index is -0.729. The molecule has 0 aromatic carbocycles. The highest BCUT2D eigenvalue weighted by atomic mass is 79.9. The number of hydrogen-bond donors (Lipinski definition) is 2. The fourth-order valence-corrected chi connectivity index (χ4v) is 6.93. The van der Waals surface area contributed by atoms with E-state index in [4.69, 9.17) is 21.1 Å². The van der Waals surface area contributed by atoms with Gasteiger partial charge in [0.15, 0.2) is 0 Å². The second-order valence-electron chi connectivity index (χ2n) is 13.4. The molecule has 0 radical (unpaired) electrons. The van der Waals surface area contributed by atoms with E-state index >= 15 is 0 Å². The number of aromatic amines is 1. The van der Waals surface area contributed by atoms with Crippen LogP contribution in [0.15, 0.2) is 29.3 Å². The summed E-state index contributed by atoms with van der Waals surface area (Å²) < 4.78 is 11.2. The fourth-order valence-electron chi connectivity index (χ4n) is 6.45. The first kappa shape index (κ1) is 37.4. The first-order valence-corrected chi connectivity index (χ1v) is 17.8. The van der Waals surface area contributed by atoms with E-state index in [0.717, 1.165) is 60.9 Å². The van der Waals surface area contributed by atoms with Crippen LogP contribution in [0.4, 0.5) is 11.4 Å². The SMILES string of the molecule is COC1(C)CCN(c2c(C#N)c(=O)[nH]c3cnc(C(C)O)cc23)CC1.COC1(C)CCN(c2c(C#N)c(Cl)nc3cnc(C(C)Br)cc23)CC1. The number of hydrogen-bond acceptors (Lipinski definition) is 11. The number of nitrogens with one attached hydrogen (secondary N) is 1. The molecule has 0 saturated carbocycles. The molecule has 14 heteroatoms. The molecule has 4 aromatic heterocycles. The van der Waals surface area contributed by atoms with Gasteiger partial charge in [-0.3, -0.25) is 14.8 Å². The molecule has 0 spiro atoms. The summed E-state index contributed by atoms with van der Waals surface area (Å²) in [5.74, 6) is 0. The molecular formula is C36H42BrClN8O4. The van der Waals surface area contributed by atoms with Crippen molar-refractivity contribution in [3.63, 3.8) is 0 Å². The van der Waals surface area contributed by atoms with Gasteiger partial charge in [-0.2, -0.15) is 10.5 Å². The number of halogens is 2. The fraction of sp³-hybridized carbons (Fsp3) is 0.500. The van der Waals surface area contributed by atoms with Crippen LogP contribution in [-0.2, 0) is 9.47 Å². The van der Waals surface area contributed by atoms with Gasteiger partial charge < -0.3 is 29.4 Å². The Morgan fingerprint density at radius 3 is 1.88 bits per heavy atom. The second kappa shape index (κ2) is 15.2. The van der Waals surface area contributed by atoms with Gasteiger partial charge >= 0.3 is 0 Å². The average Bonchev–Trinajstić information content (AvgIpc) is 3.11. The molecule has 2 N–H and O–H groups in total. The number of methoxy groups -OCH3 is 2. The zero-order valence-corrected chi connectivity index (χ0v) is 31.5. The molecule has 0 amide bonds.